The lowest BCUT2D eigenvalue weighted by Crippen LogP contribution is -2.41. The van der Waals surface area contributed by atoms with Gasteiger partial charge < -0.3 is 14.1 Å². The highest BCUT2D eigenvalue weighted by Crippen LogP contribution is 2.36. The fourth-order valence-electron chi connectivity index (χ4n) is 2.34. The summed E-state index contributed by atoms with van der Waals surface area (Å²) in [6.07, 6.45) is 1.47. The van der Waals surface area contributed by atoms with Crippen LogP contribution in [0.1, 0.15) is 5.76 Å². The number of furan rings is 1. The Balaban J connectivity index is 1.78. The van der Waals surface area contributed by atoms with Gasteiger partial charge in [0.2, 0.25) is 0 Å². The maximum Gasteiger partial charge on any atom is 0.264 e. The molecule has 1 fully saturated rings. The molecular weight excluding hydrogens is 440 g/mol. The number of amides is 1. The number of nitriles is 1. The van der Waals surface area contributed by atoms with Crippen LogP contribution in [-0.2, 0) is 9.53 Å². The van der Waals surface area contributed by atoms with Crippen LogP contribution in [-0.4, -0.2) is 37.1 Å². The number of hydrogen-bond donors (Lipinski definition) is 0. The highest BCUT2D eigenvalue weighted by Gasteiger charge is 2.21. The summed E-state index contributed by atoms with van der Waals surface area (Å²) in [6, 6.07) is 11.1. The molecular formula is C18H14BrClN2O3S. The van der Waals surface area contributed by atoms with Gasteiger partial charge in [-0.1, -0.05) is 23.4 Å². The summed E-state index contributed by atoms with van der Waals surface area (Å²) in [4.78, 5) is 15.0. The maximum absolute atomic E-state index is 12.5. The summed E-state index contributed by atoms with van der Waals surface area (Å²) in [5.74, 6) is 0.127. The highest BCUT2D eigenvalue weighted by molar-refractivity contribution is 9.10. The molecule has 1 amide bonds. The number of carbonyl (C=O) groups excluding carboxylic acids is 1. The number of rotatable bonds is 4. The molecule has 0 unspecified atom stereocenters. The minimum atomic E-state index is -0.310. The molecule has 0 radical (unpaired) electrons. The van der Waals surface area contributed by atoms with E-state index in [-0.39, 0.29) is 11.5 Å². The number of hydrogen-bond acceptors (Lipinski definition) is 5. The first-order valence-corrected chi connectivity index (χ1v) is 9.77. The highest BCUT2D eigenvalue weighted by atomic mass is 79.9. The second-order valence-electron chi connectivity index (χ2n) is 5.41. The number of carbonyl (C=O) groups is 1. The fourth-order valence-corrected chi connectivity index (χ4v) is 3.80. The average Bonchev–Trinajstić information content (AvgIpc) is 3.01. The number of nitrogens with zero attached hydrogens (tertiary/aromatic N) is 2. The third kappa shape index (κ3) is 4.71. The molecule has 2 aromatic rings. The van der Waals surface area contributed by atoms with Crippen molar-refractivity contribution < 1.29 is 13.9 Å². The largest absolute Gasteiger partial charge is 0.449 e. The number of halogens is 2. The lowest BCUT2D eigenvalue weighted by atomic mass is 10.2. The molecule has 0 spiro atoms. The molecule has 0 N–H and O–H groups in total. The number of benzene rings is 1. The van der Waals surface area contributed by atoms with E-state index in [0.717, 1.165) is 9.37 Å². The molecule has 1 aromatic carbocycles. The first-order chi connectivity index (χ1) is 12.6. The number of ether oxygens (including phenoxy) is 1. The first-order valence-electron chi connectivity index (χ1n) is 7.78. The van der Waals surface area contributed by atoms with E-state index in [4.69, 9.17) is 20.8 Å². The van der Waals surface area contributed by atoms with E-state index in [2.05, 4.69) is 15.9 Å². The van der Waals surface area contributed by atoms with Gasteiger partial charge in [0.15, 0.2) is 5.09 Å². The Morgan fingerprint density at radius 1 is 1.31 bits per heavy atom. The van der Waals surface area contributed by atoms with Crippen LogP contribution in [0.25, 0.3) is 6.08 Å². The summed E-state index contributed by atoms with van der Waals surface area (Å²) in [5, 5.41) is 10.7. The molecule has 0 aliphatic carbocycles. The summed E-state index contributed by atoms with van der Waals surface area (Å²) < 4.78 is 11.8. The third-order valence-electron chi connectivity index (χ3n) is 3.63. The maximum atomic E-state index is 12.5. The van der Waals surface area contributed by atoms with Crippen LogP contribution in [0.15, 0.2) is 54.8 Å². The van der Waals surface area contributed by atoms with Crippen LogP contribution in [0, 0.1) is 11.3 Å². The van der Waals surface area contributed by atoms with Crippen molar-refractivity contribution in [3.8, 4) is 6.07 Å². The van der Waals surface area contributed by atoms with Crippen molar-refractivity contribution in [2.75, 3.05) is 26.3 Å². The zero-order valence-corrected chi connectivity index (χ0v) is 16.7. The Labute approximate surface area is 168 Å². The van der Waals surface area contributed by atoms with Gasteiger partial charge in [0, 0.05) is 29.1 Å². The SMILES string of the molecule is N#CC(=Cc1cc(Br)c(Sc2ccc(Cl)cc2)o1)C(=O)N1CCOCC1. The molecule has 1 saturated heterocycles. The van der Waals surface area contributed by atoms with Crippen molar-refractivity contribution in [2.24, 2.45) is 0 Å². The van der Waals surface area contributed by atoms with Crippen LogP contribution >= 0.6 is 39.3 Å². The van der Waals surface area contributed by atoms with Crippen molar-refractivity contribution >= 4 is 51.3 Å². The molecule has 26 heavy (non-hydrogen) atoms. The zero-order chi connectivity index (χ0) is 18.5. The summed E-state index contributed by atoms with van der Waals surface area (Å²) >= 11 is 10.8. The van der Waals surface area contributed by atoms with E-state index in [9.17, 15) is 10.1 Å². The second-order valence-corrected chi connectivity index (χ2v) is 7.75. The molecule has 8 heteroatoms. The summed E-state index contributed by atoms with van der Waals surface area (Å²) in [6.45, 7) is 1.94. The minimum absolute atomic E-state index is 0.0381. The van der Waals surface area contributed by atoms with Gasteiger partial charge in [-0.2, -0.15) is 5.26 Å². The molecule has 0 bridgehead atoms. The Kier molecular flexibility index (Phi) is 6.43. The van der Waals surface area contributed by atoms with E-state index >= 15 is 0 Å². The lowest BCUT2D eigenvalue weighted by Gasteiger charge is -2.26. The fraction of sp³-hybridized carbons (Fsp3) is 0.222. The smallest absolute Gasteiger partial charge is 0.264 e. The van der Waals surface area contributed by atoms with E-state index in [1.165, 1.54) is 17.8 Å². The van der Waals surface area contributed by atoms with Crippen LogP contribution in [0.3, 0.4) is 0 Å². The molecule has 5 nitrogen and oxygen atoms in total. The van der Waals surface area contributed by atoms with Gasteiger partial charge in [0.05, 0.1) is 17.7 Å². The van der Waals surface area contributed by atoms with E-state index in [0.29, 0.717) is 42.2 Å². The van der Waals surface area contributed by atoms with Crippen molar-refractivity contribution in [1.29, 1.82) is 5.26 Å². The van der Waals surface area contributed by atoms with Gasteiger partial charge in [-0.05, 0) is 46.3 Å². The van der Waals surface area contributed by atoms with Crippen molar-refractivity contribution in [3.05, 3.63) is 51.2 Å². The van der Waals surface area contributed by atoms with Crippen LogP contribution < -0.4 is 0 Å². The zero-order valence-electron chi connectivity index (χ0n) is 13.6. The quantitative estimate of drug-likeness (QED) is 0.499. The van der Waals surface area contributed by atoms with Gasteiger partial charge in [-0.25, -0.2) is 0 Å². The first kappa shape index (κ1) is 19.1. The molecule has 2 heterocycles. The van der Waals surface area contributed by atoms with Crippen LogP contribution in [0.5, 0.6) is 0 Å². The Hall–Kier alpha value is -1.72. The monoisotopic (exact) mass is 452 g/mol. The normalized spacial score (nSPS) is 15.0. The molecule has 0 atom stereocenters. The minimum Gasteiger partial charge on any atom is -0.449 e. The third-order valence-corrected chi connectivity index (χ3v) is 5.73. The Morgan fingerprint density at radius 3 is 2.65 bits per heavy atom. The van der Waals surface area contributed by atoms with E-state index in [1.807, 2.05) is 18.2 Å². The van der Waals surface area contributed by atoms with E-state index in [1.54, 1.807) is 23.1 Å². The standard InChI is InChI=1S/C18H14BrClN2O3S/c19-16-10-14(25-18(16)26-15-3-1-13(20)2-4-15)9-12(11-21)17(23)22-5-7-24-8-6-22/h1-4,9-10H,5-8H2. The molecule has 1 aliphatic heterocycles. The predicted octanol–water partition coefficient (Wildman–Crippen LogP) is 4.61. The summed E-state index contributed by atoms with van der Waals surface area (Å²) in [7, 11) is 0. The van der Waals surface area contributed by atoms with Gasteiger partial charge in [-0.15, -0.1) is 0 Å². The summed E-state index contributed by atoms with van der Waals surface area (Å²) in [5.41, 5.74) is 0.0381. The Morgan fingerprint density at radius 2 is 2.00 bits per heavy atom. The number of morpholine rings is 1. The molecule has 0 saturated carbocycles. The van der Waals surface area contributed by atoms with Gasteiger partial charge in [0.1, 0.15) is 17.4 Å². The van der Waals surface area contributed by atoms with Crippen LogP contribution in [0.4, 0.5) is 0 Å². The molecule has 134 valence electrons. The predicted molar refractivity (Wildman–Crippen MR) is 103 cm³/mol. The molecule has 1 aliphatic rings. The van der Waals surface area contributed by atoms with Gasteiger partial charge in [-0.3, -0.25) is 4.79 Å². The van der Waals surface area contributed by atoms with Gasteiger partial charge >= 0.3 is 0 Å². The Bertz CT molecular complexity index is 868. The van der Waals surface area contributed by atoms with Gasteiger partial charge in [0.25, 0.3) is 5.91 Å². The van der Waals surface area contributed by atoms with E-state index < -0.39 is 0 Å². The lowest BCUT2D eigenvalue weighted by molar-refractivity contribution is -0.130. The second kappa shape index (κ2) is 8.78. The van der Waals surface area contributed by atoms with Crippen molar-refractivity contribution in [3.63, 3.8) is 0 Å². The molecule has 1 aromatic heterocycles. The topological polar surface area (TPSA) is 66.5 Å². The van der Waals surface area contributed by atoms with Crippen molar-refractivity contribution in [1.82, 2.24) is 4.90 Å². The van der Waals surface area contributed by atoms with Crippen LogP contribution in [0.2, 0.25) is 5.02 Å². The van der Waals surface area contributed by atoms with Crippen molar-refractivity contribution in [2.45, 2.75) is 9.99 Å². The average molecular weight is 454 g/mol. The molecule has 3 rings (SSSR count).